The molecule has 0 unspecified atom stereocenters. The van der Waals surface area contributed by atoms with Crippen molar-refractivity contribution in [1.29, 1.82) is 0 Å². The van der Waals surface area contributed by atoms with Crippen LogP contribution in [0.1, 0.15) is 42.6 Å². The van der Waals surface area contributed by atoms with Gasteiger partial charge in [0.15, 0.2) is 0 Å². The van der Waals surface area contributed by atoms with Gasteiger partial charge in [0.1, 0.15) is 5.75 Å². The predicted molar refractivity (Wildman–Crippen MR) is 82.0 cm³/mol. The topological polar surface area (TPSA) is 49.3 Å². The third-order valence-corrected chi connectivity index (χ3v) is 5.28. The maximum atomic E-state index is 12.1. The van der Waals surface area contributed by atoms with Crippen molar-refractivity contribution < 1.29 is 9.90 Å². The van der Waals surface area contributed by atoms with Crippen molar-refractivity contribution in [3.63, 3.8) is 0 Å². The van der Waals surface area contributed by atoms with Crippen molar-refractivity contribution in [2.45, 2.75) is 38.4 Å². The number of phenols is 1. The van der Waals surface area contributed by atoms with Gasteiger partial charge in [-0.3, -0.25) is 4.79 Å². The molecule has 106 valence electrons. The van der Waals surface area contributed by atoms with E-state index in [1.165, 1.54) is 0 Å². The smallest absolute Gasteiger partial charge is 0.255 e. The van der Waals surface area contributed by atoms with Crippen molar-refractivity contribution in [2.75, 3.05) is 12.8 Å². The van der Waals surface area contributed by atoms with Gasteiger partial charge in [0.2, 0.25) is 0 Å². The first-order valence-electron chi connectivity index (χ1n) is 6.61. The van der Waals surface area contributed by atoms with Gasteiger partial charge in [-0.15, -0.1) is 0 Å². The van der Waals surface area contributed by atoms with Crippen LogP contribution in [-0.4, -0.2) is 28.6 Å². The molecule has 1 aromatic rings. The number of carbonyl (C=O) groups is 1. The van der Waals surface area contributed by atoms with E-state index in [1.807, 2.05) is 13.0 Å². The molecule has 0 saturated carbocycles. The summed E-state index contributed by atoms with van der Waals surface area (Å²) in [7, 11) is 0. The highest BCUT2D eigenvalue weighted by atomic mass is 32.2. The number of amides is 1. The van der Waals surface area contributed by atoms with Crippen LogP contribution in [0.2, 0.25) is 0 Å². The zero-order chi connectivity index (χ0) is 14.5. The van der Waals surface area contributed by atoms with Gasteiger partial charge < -0.3 is 10.4 Å². The van der Waals surface area contributed by atoms with Gasteiger partial charge in [-0.05, 0) is 43.7 Å². The summed E-state index contributed by atoms with van der Waals surface area (Å²) in [6.07, 6.45) is 4.08. The van der Waals surface area contributed by atoms with Crippen LogP contribution in [0.5, 0.6) is 5.75 Å². The average Bonchev–Trinajstić information content (AvgIpc) is 2.40. The van der Waals surface area contributed by atoms with Crippen molar-refractivity contribution in [2.24, 2.45) is 0 Å². The van der Waals surface area contributed by atoms with Crippen LogP contribution >= 0.6 is 11.8 Å². The highest BCUT2D eigenvalue weighted by Crippen LogP contribution is 2.29. The fourth-order valence-corrected chi connectivity index (χ4v) is 2.82. The lowest BCUT2D eigenvalue weighted by molar-refractivity contribution is 0.0946. The van der Waals surface area contributed by atoms with Crippen molar-refractivity contribution in [3.05, 3.63) is 29.3 Å². The molecule has 0 bridgehead atoms. The monoisotopic (exact) mass is 281 g/mol. The number of phenolic OH excluding ortho intramolecular Hbond substituents is 1. The molecule has 0 aliphatic carbocycles. The minimum absolute atomic E-state index is 0.0419. The molecule has 0 atom stereocenters. The van der Waals surface area contributed by atoms with Crippen LogP contribution in [0.3, 0.4) is 0 Å². The van der Waals surface area contributed by atoms with E-state index in [0.717, 1.165) is 18.4 Å². The standard InChI is InChI=1S/C15H23NO2S/c1-5-15(6-2,19-4)10-16-14(18)12-8-7-11(3)9-13(12)17/h7-9,17H,5-6,10H2,1-4H3,(H,16,18). The van der Waals surface area contributed by atoms with E-state index in [4.69, 9.17) is 0 Å². The molecular weight excluding hydrogens is 258 g/mol. The van der Waals surface area contributed by atoms with E-state index in [2.05, 4.69) is 25.4 Å². The number of hydrogen-bond donors (Lipinski definition) is 2. The van der Waals surface area contributed by atoms with Crippen molar-refractivity contribution in [3.8, 4) is 5.75 Å². The van der Waals surface area contributed by atoms with E-state index in [1.54, 1.807) is 23.9 Å². The lowest BCUT2D eigenvalue weighted by Crippen LogP contribution is -2.39. The van der Waals surface area contributed by atoms with Gasteiger partial charge in [-0.2, -0.15) is 11.8 Å². The van der Waals surface area contributed by atoms with Crippen LogP contribution in [0.25, 0.3) is 0 Å². The van der Waals surface area contributed by atoms with Crippen molar-refractivity contribution in [1.82, 2.24) is 5.32 Å². The maximum Gasteiger partial charge on any atom is 0.255 e. The molecule has 0 fully saturated rings. The second-order valence-corrected chi connectivity index (χ2v) is 6.07. The Kier molecular flexibility index (Phi) is 5.73. The van der Waals surface area contributed by atoms with Gasteiger partial charge in [0.25, 0.3) is 5.91 Å². The number of aromatic hydroxyl groups is 1. The van der Waals surface area contributed by atoms with E-state index in [0.29, 0.717) is 12.1 Å². The van der Waals surface area contributed by atoms with Gasteiger partial charge in [0.05, 0.1) is 5.56 Å². The zero-order valence-corrected chi connectivity index (χ0v) is 12.9. The quantitative estimate of drug-likeness (QED) is 0.840. The summed E-state index contributed by atoms with van der Waals surface area (Å²) in [5, 5.41) is 12.7. The Hall–Kier alpha value is -1.16. The molecular formula is C15H23NO2S. The zero-order valence-electron chi connectivity index (χ0n) is 12.1. The molecule has 19 heavy (non-hydrogen) atoms. The van der Waals surface area contributed by atoms with Crippen LogP contribution in [0, 0.1) is 6.92 Å². The summed E-state index contributed by atoms with van der Waals surface area (Å²) in [5.74, 6) is -0.168. The molecule has 0 spiro atoms. The molecule has 0 heterocycles. The third-order valence-electron chi connectivity index (χ3n) is 3.69. The number of thioether (sulfide) groups is 1. The highest BCUT2D eigenvalue weighted by Gasteiger charge is 2.25. The maximum absolute atomic E-state index is 12.1. The number of aryl methyl sites for hydroxylation is 1. The molecule has 2 N–H and O–H groups in total. The largest absolute Gasteiger partial charge is 0.507 e. The van der Waals surface area contributed by atoms with E-state index < -0.39 is 0 Å². The van der Waals surface area contributed by atoms with Gasteiger partial charge >= 0.3 is 0 Å². The average molecular weight is 281 g/mol. The second kappa shape index (κ2) is 6.85. The summed E-state index contributed by atoms with van der Waals surface area (Å²) >= 11 is 1.78. The predicted octanol–water partition coefficient (Wildman–Crippen LogP) is 3.35. The summed E-state index contributed by atoms with van der Waals surface area (Å²) < 4.78 is 0.0793. The fourth-order valence-electron chi connectivity index (χ4n) is 2.03. The molecule has 0 saturated heterocycles. The normalized spacial score (nSPS) is 11.4. The Morgan fingerprint density at radius 2 is 2.00 bits per heavy atom. The van der Waals surface area contributed by atoms with Crippen LogP contribution in [0.4, 0.5) is 0 Å². The van der Waals surface area contributed by atoms with Crippen LogP contribution in [0.15, 0.2) is 18.2 Å². The molecule has 1 rings (SSSR count). The number of rotatable bonds is 6. The number of nitrogens with one attached hydrogen (secondary N) is 1. The first kappa shape index (κ1) is 15.9. The Labute approximate surface area is 119 Å². The Morgan fingerprint density at radius 3 is 2.47 bits per heavy atom. The molecule has 0 aliphatic heterocycles. The Balaban J connectivity index is 2.75. The fraction of sp³-hybridized carbons (Fsp3) is 0.533. The SMILES string of the molecule is CCC(CC)(CNC(=O)c1ccc(C)cc1O)SC. The molecule has 0 aromatic heterocycles. The first-order chi connectivity index (χ1) is 8.98. The summed E-state index contributed by atoms with van der Waals surface area (Å²) in [6.45, 7) is 6.77. The van der Waals surface area contributed by atoms with Gasteiger partial charge in [0, 0.05) is 11.3 Å². The molecule has 3 nitrogen and oxygen atoms in total. The van der Waals surface area contributed by atoms with Crippen molar-refractivity contribution >= 4 is 17.7 Å². The van der Waals surface area contributed by atoms with Crippen LogP contribution in [-0.2, 0) is 0 Å². The lowest BCUT2D eigenvalue weighted by atomic mass is 10.0. The number of carbonyl (C=O) groups excluding carboxylic acids is 1. The Morgan fingerprint density at radius 1 is 1.37 bits per heavy atom. The third kappa shape index (κ3) is 3.90. The molecule has 1 amide bonds. The second-order valence-electron chi connectivity index (χ2n) is 4.80. The molecule has 0 aliphatic rings. The molecule has 4 heteroatoms. The molecule has 1 aromatic carbocycles. The van der Waals surface area contributed by atoms with Gasteiger partial charge in [-0.25, -0.2) is 0 Å². The Bertz CT molecular complexity index is 434. The summed E-state index contributed by atoms with van der Waals surface area (Å²) in [5.41, 5.74) is 1.28. The van der Waals surface area contributed by atoms with Crippen LogP contribution < -0.4 is 5.32 Å². The summed E-state index contributed by atoms with van der Waals surface area (Å²) in [4.78, 5) is 12.1. The van der Waals surface area contributed by atoms with E-state index in [-0.39, 0.29) is 16.4 Å². The first-order valence-corrected chi connectivity index (χ1v) is 7.83. The lowest BCUT2D eigenvalue weighted by Gasteiger charge is -2.29. The minimum Gasteiger partial charge on any atom is -0.507 e. The van der Waals surface area contributed by atoms with E-state index in [9.17, 15) is 9.90 Å². The number of benzene rings is 1. The van der Waals surface area contributed by atoms with Gasteiger partial charge in [-0.1, -0.05) is 19.9 Å². The number of hydrogen-bond acceptors (Lipinski definition) is 3. The molecule has 0 radical (unpaired) electrons. The summed E-state index contributed by atoms with van der Waals surface area (Å²) in [6, 6.07) is 5.10. The van der Waals surface area contributed by atoms with E-state index >= 15 is 0 Å². The minimum atomic E-state index is -0.210. The highest BCUT2D eigenvalue weighted by molar-refractivity contribution is 8.00.